The van der Waals surface area contributed by atoms with Crippen LogP contribution in [0.4, 0.5) is 5.69 Å². The van der Waals surface area contributed by atoms with Gasteiger partial charge < -0.3 is 24.2 Å². The normalized spacial score (nSPS) is 22.1. The molecule has 3 aromatic carbocycles. The minimum absolute atomic E-state index is 0.246. The fraction of sp³-hybridized carbons (Fsp3) is 0.412. The molecule has 0 spiro atoms. The summed E-state index contributed by atoms with van der Waals surface area (Å²) in [6.45, 7) is 12.9. The van der Waals surface area contributed by atoms with Crippen LogP contribution in [0.15, 0.2) is 66.7 Å². The molecular formula is C34H40N2O4. The lowest BCUT2D eigenvalue weighted by atomic mass is 9.86. The molecule has 1 N–H and O–H groups in total. The highest BCUT2D eigenvalue weighted by atomic mass is 16.5. The van der Waals surface area contributed by atoms with Gasteiger partial charge in [0.15, 0.2) is 0 Å². The molecule has 0 amide bonds. The number of anilines is 1. The molecule has 40 heavy (non-hydrogen) atoms. The Kier molecular flexibility index (Phi) is 7.72. The van der Waals surface area contributed by atoms with E-state index in [1.807, 2.05) is 30.3 Å². The standard InChI is InChI=1S/C34H40N2O4/c1-23-13-14-36(21-23)24(2)22-39-30-10-7-26(8-11-30)34-33(27-5-4-6-29(37)19-27)25(3)31-12-9-28(20-32(31)40-34)35-15-17-38-18-16-35/h4-12,19-20,23-24,34,37H,13-18,21-22H2,1-3H3/t23-,24+,34?/m1/s1. The lowest BCUT2D eigenvalue weighted by molar-refractivity contribution is 0.122. The number of likely N-dealkylation sites (tertiary alicyclic amines) is 1. The van der Waals surface area contributed by atoms with E-state index < -0.39 is 0 Å². The first-order chi connectivity index (χ1) is 19.5. The van der Waals surface area contributed by atoms with Crippen LogP contribution < -0.4 is 14.4 Å². The number of aromatic hydroxyl groups is 1. The van der Waals surface area contributed by atoms with Crippen LogP contribution in [0.2, 0.25) is 0 Å². The van der Waals surface area contributed by atoms with Gasteiger partial charge in [-0.1, -0.05) is 31.2 Å². The zero-order valence-corrected chi connectivity index (χ0v) is 23.8. The Labute approximate surface area is 237 Å². The van der Waals surface area contributed by atoms with Gasteiger partial charge in [0.2, 0.25) is 0 Å². The SMILES string of the molecule is CC1=C(c2cccc(O)c2)C(c2ccc(OC[C@H](C)N3CC[C@@H](C)C3)cc2)Oc2cc(N3CCOCC3)ccc21. The molecule has 0 saturated carbocycles. The van der Waals surface area contributed by atoms with Gasteiger partial charge in [0.25, 0.3) is 0 Å². The van der Waals surface area contributed by atoms with Crippen molar-refractivity contribution in [1.29, 1.82) is 0 Å². The molecule has 6 heteroatoms. The van der Waals surface area contributed by atoms with E-state index in [-0.39, 0.29) is 11.9 Å². The molecule has 0 aliphatic carbocycles. The first kappa shape index (κ1) is 26.7. The Morgan fingerprint density at radius 2 is 1.80 bits per heavy atom. The number of nitrogens with zero attached hydrogens (tertiary/aromatic N) is 2. The van der Waals surface area contributed by atoms with Crippen molar-refractivity contribution in [2.24, 2.45) is 5.92 Å². The highest BCUT2D eigenvalue weighted by Gasteiger charge is 2.30. The zero-order valence-electron chi connectivity index (χ0n) is 23.8. The summed E-state index contributed by atoms with van der Waals surface area (Å²) in [6, 6.07) is 22.7. The van der Waals surface area contributed by atoms with Crippen molar-refractivity contribution < 1.29 is 19.3 Å². The van der Waals surface area contributed by atoms with Crippen LogP contribution in [0.1, 0.15) is 50.0 Å². The molecule has 3 aliphatic rings. The largest absolute Gasteiger partial charge is 0.508 e. The average Bonchev–Trinajstić information content (AvgIpc) is 3.42. The summed E-state index contributed by atoms with van der Waals surface area (Å²) in [5, 5.41) is 10.3. The van der Waals surface area contributed by atoms with Gasteiger partial charge in [-0.3, -0.25) is 4.90 Å². The zero-order chi connectivity index (χ0) is 27.6. The van der Waals surface area contributed by atoms with Gasteiger partial charge in [-0.05, 0) is 85.8 Å². The summed E-state index contributed by atoms with van der Waals surface area (Å²) in [6.07, 6.45) is 0.958. The maximum atomic E-state index is 10.3. The second kappa shape index (κ2) is 11.6. The minimum Gasteiger partial charge on any atom is -0.508 e. The molecule has 3 aliphatic heterocycles. The number of phenols is 1. The van der Waals surface area contributed by atoms with Crippen molar-refractivity contribution in [3.05, 3.63) is 83.4 Å². The Bertz CT molecular complexity index is 1360. The lowest BCUT2D eigenvalue weighted by Crippen LogP contribution is -2.36. The quantitative estimate of drug-likeness (QED) is 0.374. The first-order valence-electron chi connectivity index (χ1n) is 14.6. The van der Waals surface area contributed by atoms with Crippen molar-refractivity contribution in [2.45, 2.75) is 39.3 Å². The second-order valence-electron chi connectivity index (χ2n) is 11.5. The maximum Gasteiger partial charge on any atom is 0.150 e. The Balaban J connectivity index is 1.28. The maximum absolute atomic E-state index is 10.3. The van der Waals surface area contributed by atoms with Gasteiger partial charge in [0.1, 0.15) is 30.0 Å². The van der Waals surface area contributed by atoms with E-state index in [2.05, 4.69) is 60.9 Å². The predicted octanol–water partition coefficient (Wildman–Crippen LogP) is 6.40. The van der Waals surface area contributed by atoms with Crippen LogP contribution in [-0.2, 0) is 4.74 Å². The number of hydrogen-bond donors (Lipinski definition) is 1. The highest BCUT2D eigenvalue weighted by molar-refractivity contribution is 5.96. The van der Waals surface area contributed by atoms with Gasteiger partial charge in [0.05, 0.1) is 13.2 Å². The first-order valence-corrected chi connectivity index (χ1v) is 14.6. The number of fused-ring (bicyclic) bond motifs is 1. The fourth-order valence-electron chi connectivity index (χ4n) is 6.17. The third kappa shape index (κ3) is 5.56. The van der Waals surface area contributed by atoms with Gasteiger partial charge in [-0.15, -0.1) is 0 Å². The summed E-state index contributed by atoms with van der Waals surface area (Å²) in [7, 11) is 0. The Morgan fingerprint density at radius 3 is 2.52 bits per heavy atom. The predicted molar refractivity (Wildman–Crippen MR) is 160 cm³/mol. The Hall–Kier alpha value is -3.48. The van der Waals surface area contributed by atoms with E-state index in [9.17, 15) is 5.11 Å². The molecule has 2 saturated heterocycles. The van der Waals surface area contributed by atoms with Crippen LogP contribution in [0, 0.1) is 5.92 Å². The van der Waals surface area contributed by atoms with E-state index in [0.717, 1.165) is 90.3 Å². The highest BCUT2D eigenvalue weighted by Crippen LogP contribution is 2.48. The second-order valence-corrected chi connectivity index (χ2v) is 11.5. The van der Waals surface area contributed by atoms with E-state index >= 15 is 0 Å². The van der Waals surface area contributed by atoms with Crippen LogP contribution in [0.25, 0.3) is 11.1 Å². The van der Waals surface area contributed by atoms with E-state index in [1.54, 1.807) is 6.07 Å². The molecule has 6 rings (SSSR count). The van der Waals surface area contributed by atoms with Crippen molar-refractivity contribution in [3.63, 3.8) is 0 Å². The number of benzene rings is 3. The Morgan fingerprint density at radius 1 is 1.00 bits per heavy atom. The lowest BCUT2D eigenvalue weighted by Gasteiger charge is -2.33. The number of hydrogen-bond acceptors (Lipinski definition) is 6. The van der Waals surface area contributed by atoms with Gasteiger partial charge in [-0.2, -0.15) is 0 Å². The molecule has 3 heterocycles. The summed E-state index contributed by atoms with van der Waals surface area (Å²) in [5.74, 6) is 2.76. The van der Waals surface area contributed by atoms with Crippen molar-refractivity contribution in [3.8, 4) is 17.2 Å². The molecule has 210 valence electrons. The molecule has 3 atom stereocenters. The van der Waals surface area contributed by atoms with E-state index in [0.29, 0.717) is 12.6 Å². The van der Waals surface area contributed by atoms with Crippen LogP contribution in [-0.4, -0.2) is 62.0 Å². The third-order valence-electron chi connectivity index (χ3n) is 8.57. The average molecular weight is 541 g/mol. The molecule has 2 fully saturated rings. The summed E-state index contributed by atoms with van der Waals surface area (Å²) < 4.78 is 18.6. The number of ether oxygens (including phenoxy) is 3. The topological polar surface area (TPSA) is 54.4 Å². The van der Waals surface area contributed by atoms with Crippen molar-refractivity contribution in [2.75, 3.05) is 50.9 Å². The molecule has 0 aromatic heterocycles. The summed E-state index contributed by atoms with van der Waals surface area (Å²) in [4.78, 5) is 4.87. The number of phenolic OH excluding ortho intramolecular Hbond substituents is 1. The van der Waals surface area contributed by atoms with Crippen LogP contribution in [0.3, 0.4) is 0 Å². The minimum atomic E-state index is -0.312. The fourth-order valence-corrected chi connectivity index (χ4v) is 6.17. The molecule has 1 unspecified atom stereocenters. The van der Waals surface area contributed by atoms with E-state index in [1.165, 1.54) is 6.42 Å². The monoisotopic (exact) mass is 540 g/mol. The van der Waals surface area contributed by atoms with E-state index in [4.69, 9.17) is 14.2 Å². The number of allylic oxidation sites excluding steroid dienone is 1. The van der Waals surface area contributed by atoms with Gasteiger partial charge >= 0.3 is 0 Å². The van der Waals surface area contributed by atoms with Crippen LogP contribution >= 0.6 is 0 Å². The van der Waals surface area contributed by atoms with Crippen molar-refractivity contribution in [1.82, 2.24) is 4.90 Å². The smallest absolute Gasteiger partial charge is 0.150 e. The molecular weight excluding hydrogens is 500 g/mol. The molecule has 0 radical (unpaired) electrons. The molecule has 6 nitrogen and oxygen atoms in total. The van der Waals surface area contributed by atoms with Crippen molar-refractivity contribution >= 4 is 16.8 Å². The number of morpholine rings is 1. The van der Waals surface area contributed by atoms with Crippen LogP contribution in [0.5, 0.6) is 17.2 Å². The molecule has 0 bridgehead atoms. The molecule has 3 aromatic rings. The van der Waals surface area contributed by atoms with Gasteiger partial charge in [-0.25, -0.2) is 0 Å². The number of rotatable bonds is 7. The third-order valence-corrected chi connectivity index (χ3v) is 8.57. The summed E-state index contributed by atoms with van der Waals surface area (Å²) >= 11 is 0. The summed E-state index contributed by atoms with van der Waals surface area (Å²) in [5.41, 5.74) is 6.46. The van der Waals surface area contributed by atoms with Gasteiger partial charge in [0, 0.05) is 48.6 Å².